The minimum atomic E-state index is -0.657. The molecule has 7 nitrogen and oxygen atoms in total. The van der Waals surface area contributed by atoms with E-state index >= 15 is 0 Å². The average molecular weight is 357 g/mol. The van der Waals surface area contributed by atoms with Gasteiger partial charge in [0.25, 0.3) is 5.91 Å². The van der Waals surface area contributed by atoms with Crippen LogP contribution in [0.1, 0.15) is 55.5 Å². The van der Waals surface area contributed by atoms with Gasteiger partial charge in [-0.25, -0.2) is 0 Å². The smallest absolute Gasteiger partial charge is 0.255 e. The van der Waals surface area contributed by atoms with Gasteiger partial charge in [-0.05, 0) is 31.4 Å². The Morgan fingerprint density at radius 3 is 2.65 bits per heavy atom. The van der Waals surface area contributed by atoms with Crippen molar-refractivity contribution in [2.75, 3.05) is 5.32 Å². The molecule has 1 aromatic rings. The molecule has 7 heteroatoms. The fourth-order valence-corrected chi connectivity index (χ4v) is 3.60. The number of nitrogens with one attached hydrogen (secondary N) is 2. The Kier molecular flexibility index (Phi) is 5.06. The van der Waals surface area contributed by atoms with E-state index in [-0.39, 0.29) is 36.6 Å². The third kappa shape index (κ3) is 3.21. The predicted molar refractivity (Wildman–Crippen MR) is 95.2 cm³/mol. The fraction of sp³-hybridized carbons (Fsp3) is 0.474. The van der Waals surface area contributed by atoms with Crippen LogP contribution in [0.3, 0.4) is 0 Å². The van der Waals surface area contributed by atoms with Crippen LogP contribution in [0.5, 0.6) is 0 Å². The van der Waals surface area contributed by atoms with Crippen LogP contribution in [-0.2, 0) is 20.9 Å². The normalized spacial score (nSPS) is 19.6. The van der Waals surface area contributed by atoms with Gasteiger partial charge in [-0.15, -0.1) is 0 Å². The molecular formula is C19H23N3O4. The lowest BCUT2D eigenvalue weighted by Gasteiger charge is -2.29. The molecule has 1 fully saturated rings. The summed E-state index contributed by atoms with van der Waals surface area (Å²) >= 11 is 0. The van der Waals surface area contributed by atoms with Crippen LogP contribution in [0, 0.1) is 5.92 Å². The van der Waals surface area contributed by atoms with Crippen LogP contribution in [0.4, 0.5) is 5.69 Å². The summed E-state index contributed by atoms with van der Waals surface area (Å²) in [6.07, 6.45) is 2.03. The van der Waals surface area contributed by atoms with Crippen molar-refractivity contribution < 1.29 is 19.2 Å². The van der Waals surface area contributed by atoms with Crippen molar-refractivity contribution in [2.45, 2.75) is 52.1 Å². The van der Waals surface area contributed by atoms with E-state index in [4.69, 9.17) is 0 Å². The van der Waals surface area contributed by atoms with Gasteiger partial charge >= 0.3 is 0 Å². The number of rotatable bonds is 5. The molecule has 0 aromatic heterocycles. The van der Waals surface area contributed by atoms with Gasteiger partial charge in [0.05, 0.1) is 0 Å². The fourth-order valence-electron chi connectivity index (χ4n) is 3.60. The second-order valence-electron chi connectivity index (χ2n) is 6.73. The van der Waals surface area contributed by atoms with E-state index in [1.165, 1.54) is 4.90 Å². The second-order valence-corrected chi connectivity index (χ2v) is 6.73. The number of hydrogen-bond donors (Lipinski definition) is 2. The van der Waals surface area contributed by atoms with Gasteiger partial charge in [-0.1, -0.05) is 19.9 Å². The molecule has 1 atom stereocenters. The number of nitrogens with zero attached hydrogens (tertiary/aromatic N) is 1. The van der Waals surface area contributed by atoms with Crippen molar-refractivity contribution in [3.05, 3.63) is 29.3 Å². The summed E-state index contributed by atoms with van der Waals surface area (Å²) in [6, 6.07) is 4.55. The van der Waals surface area contributed by atoms with E-state index in [9.17, 15) is 19.2 Å². The van der Waals surface area contributed by atoms with E-state index < -0.39 is 11.9 Å². The van der Waals surface area contributed by atoms with E-state index in [2.05, 4.69) is 10.6 Å². The number of fused-ring (bicyclic) bond motifs is 1. The van der Waals surface area contributed by atoms with Crippen LogP contribution in [0.25, 0.3) is 0 Å². The SMILES string of the molecule is CCC(CC)C(=O)Nc1cccc2c1CN(C1CCC(=O)NC1=O)C2=O. The zero-order valence-corrected chi connectivity index (χ0v) is 15.0. The predicted octanol–water partition coefficient (Wildman–Crippen LogP) is 1.82. The quantitative estimate of drug-likeness (QED) is 0.786. The number of piperidine rings is 1. The molecule has 1 unspecified atom stereocenters. The summed E-state index contributed by atoms with van der Waals surface area (Å²) < 4.78 is 0. The maximum Gasteiger partial charge on any atom is 0.255 e. The van der Waals surface area contributed by atoms with Gasteiger partial charge in [-0.3, -0.25) is 24.5 Å². The Labute approximate surface area is 152 Å². The average Bonchev–Trinajstić information content (AvgIpc) is 2.94. The molecule has 26 heavy (non-hydrogen) atoms. The number of anilines is 1. The maximum atomic E-state index is 12.8. The molecule has 4 amide bonds. The van der Waals surface area contributed by atoms with Gasteiger partial charge in [0.1, 0.15) is 6.04 Å². The summed E-state index contributed by atoms with van der Waals surface area (Å²) in [6.45, 7) is 4.19. The van der Waals surface area contributed by atoms with E-state index in [0.717, 1.165) is 18.4 Å². The third-order valence-electron chi connectivity index (χ3n) is 5.20. The molecule has 138 valence electrons. The zero-order valence-electron chi connectivity index (χ0n) is 15.0. The van der Waals surface area contributed by atoms with Crippen LogP contribution in [0.15, 0.2) is 18.2 Å². The molecule has 3 rings (SSSR count). The minimum absolute atomic E-state index is 0.0599. The second kappa shape index (κ2) is 7.27. The Bertz CT molecular complexity index is 770. The molecule has 0 bridgehead atoms. The number of carbonyl (C=O) groups is 4. The third-order valence-corrected chi connectivity index (χ3v) is 5.20. The zero-order chi connectivity index (χ0) is 18.8. The molecule has 2 aliphatic rings. The summed E-state index contributed by atoms with van der Waals surface area (Å²) in [7, 11) is 0. The standard InChI is InChI=1S/C19H23N3O4/c1-3-11(4-2)17(24)20-14-7-5-6-12-13(14)10-22(19(12)26)15-8-9-16(23)21-18(15)25/h5-7,11,15H,3-4,8-10H2,1-2H3,(H,20,24)(H,21,23,25). The largest absolute Gasteiger partial charge is 0.326 e. The van der Waals surface area contributed by atoms with Crippen LogP contribution in [0.2, 0.25) is 0 Å². The van der Waals surface area contributed by atoms with Gasteiger partial charge in [0, 0.05) is 35.7 Å². The highest BCUT2D eigenvalue weighted by Gasteiger charge is 2.40. The summed E-state index contributed by atoms with van der Waals surface area (Å²) in [5.74, 6) is -1.13. The van der Waals surface area contributed by atoms with E-state index in [0.29, 0.717) is 17.7 Å². The van der Waals surface area contributed by atoms with Gasteiger partial charge in [0.15, 0.2) is 0 Å². The van der Waals surface area contributed by atoms with Crippen molar-refractivity contribution in [2.24, 2.45) is 5.92 Å². The first-order chi connectivity index (χ1) is 12.5. The monoisotopic (exact) mass is 357 g/mol. The van der Waals surface area contributed by atoms with Crippen LogP contribution < -0.4 is 10.6 Å². The Morgan fingerprint density at radius 1 is 1.27 bits per heavy atom. The van der Waals surface area contributed by atoms with Crippen molar-refractivity contribution in [1.82, 2.24) is 10.2 Å². The number of hydrogen-bond acceptors (Lipinski definition) is 4. The van der Waals surface area contributed by atoms with E-state index in [1.54, 1.807) is 18.2 Å². The lowest BCUT2D eigenvalue weighted by molar-refractivity contribution is -0.137. The van der Waals surface area contributed by atoms with Crippen molar-refractivity contribution in [1.29, 1.82) is 0 Å². The highest BCUT2D eigenvalue weighted by molar-refractivity contribution is 6.06. The molecule has 0 aliphatic carbocycles. The van der Waals surface area contributed by atoms with Gasteiger partial charge in [0.2, 0.25) is 17.7 Å². The molecule has 1 saturated heterocycles. The Morgan fingerprint density at radius 2 is 2.00 bits per heavy atom. The lowest BCUT2D eigenvalue weighted by atomic mass is 10.0. The number of benzene rings is 1. The van der Waals surface area contributed by atoms with Crippen LogP contribution >= 0.6 is 0 Å². The van der Waals surface area contributed by atoms with E-state index in [1.807, 2.05) is 13.8 Å². The summed E-state index contributed by atoms with van der Waals surface area (Å²) in [4.78, 5) is 50.1. The first kappa shape index (κ1) is 18.1. The Balaban J connectivity index is 1.83. The molecule has 2 heterocycles. The molecule has 0 radical (unpaired) electrons. The Hall–Kier alpha value is -2.70. The molecule has 2 N–H and O–H groups in total. The summed E-state index contributed by atoms with van der Waals surface area (Å²) in [5, 5.41) is 5.22. The van der Waals surface area contributed by atoms with Crippen molar-refractivity contribution >= 4 is 29.3 Å². The van der Waals surface area contributed by atoms with Crippen molar-refractivity contribution in [3.63, 3.8) is 0 Å². The number of amides is 4. The number of imide groups is 1. The number of carbonyl (C=O) groups excluding carboxylic acids is 4. The first-order valence-corrected chi connectivity index (χ1v) is 9.03. The molecule has 0 saturated carbocycles. The highest BCUT2D eigenvalue weighted by atomic mass is 16.2. The highest BCUT2D eigenvalue weighted by Crippen LogP contribution is 2.32. The first-order valence-electron chi connectivity index (χ1n) is 9.03. The van der Waals surface area contributed by atoms with Gasteiger partial charge < -0.3 is 10.2 Å². The lowest BCUT2D eigenvalue weighted by Crippen LogP contribution is -2.52. The van der Waals surface area contributed by atoms with Crippen LogP contribution in [-0.4, -0.2) is 34.6 Å². The van der Waals surface area contributed by atoms with Crippen molar-refractivity contribution in [3.8, 4) is 0 Å². The topological polar surface area (TPSA) is 95.6 Å². The molecule has 2 aliphatic heterocycles. The molecule has 1 aromatic carbocycles. The van der Waals surface area contributed by atoms with Gasteiger partial charge in [-0.2, -0.15) is 0 Å². The maximum absolute atomic E-state index is 12.8. The molecule has 0 spiro atoms. The minimum Gasteiger partial charge on any atom is -0.326 e. The molecular weight excluding hydrogens is 334 g/mol. The summed E-state index contributed by atoms with van der Waals surface area (Å²) in [5.41, 5.74) is 1.83.